The van der Waals surface area contributed by atoms with Gasteiger partial charge in [-0.25, -0.2) is 0 Å². The molecule has 1 N–H and O–H groups in total. The van der Waals surface area contributed by atoms with Gasteiger partial charge in [0.15, 0.2) is 5.78 Å². The molecule has 0 radical (unpaired) electrons. The van der Waals surface area contributed by atoms with Gasteiger partial charge in [0, 0.05) is 63.7 Å². The number of rotatable bonds is 7. The molecule has 142 valence electrons. The van der Waals surface area contributed by atoms with Crippen LogP contribution in [0.25, 0.3) is 0 Å². The van der Waals surface area contributed by atoms with E-state index in [1.54, 1.807) is 0 Å². The highest BCUT2D eigenvalue weighted by Gasteiger charge is 2.30. The minimum atomic E-state index is 0.0688. The minimum absolute atomic E-state index is 0.0688. The lowest BCUT2D eigenvalue weighted by molar-refractivity contribution is -0.130. The molecule has 2 heterocycles. The van der Waals surface area contributed by atoms with Crippen molar-refractivity contribution in [3.05, 3.63) is 35.4 Å². The van der Waals surface area contributed by atoms with Crippen molar-refractivity contribution >= 4 is 11.7 Å². The number of nitrogens with zero attached hydrogens (tertiary/aromatic N) is 2. The number of hydrogen-bond acceptors (Lipinski definition) is 4. The zero-order valence-electron chi connectivity index (χ0n) is 15.9. The molecule has 0 aliphatic carbocycles. The number of piperazine rings is 1. The monoisotopic (exact) mass is 357 g/mol. The molecule has 5 heteroatoms. The number of Topliss-reactive ketones (excluding diaryl/α,β-unsaturated/α-hetero) is 1. The number of carbonyl (C=O) groups excluding carboxylic acids is 2. The summed E-state index contributed by atoms with van der Waals surface area (Å²) in [4.78, 5) is 29.3. The predicted molar refractivity (Wildman–Crippen MR) is 103 cm³/mol. The van der Waals surface area contributed by atoms with Crippen molar-refractivity contribution < 1.29 is 9.59 Å². The van der Waals surface area contributed by atoms with E-state index in [0.29, 0.717) is 18.9 Å². The van der Waals surface area contributed by atoms with E-state index in [9.17, 15) is 9.59 Å². The van der Waals surface area contributed by atoms with Gasteiger partial charge in [-0.2, -0.15) is 0 Å². The summed E-state index contributed by atoms with van der Waals surface area (Å²) in [5, 5.41) is 3.37. The second-order valence-electron chi connectivity index (χ2n) is 7.44. The Morgan fingerprint density at radius 1 is 1.08 bits per heavy atom. The normalized spacial score (nSPS) is 21.1. The summed E-state index contributed by atoms with van der Waals surface area (Å²) < 4.78 is 0. The van der Waals surface area contributed by atoms with Gasteiger partial charge in [-0.15, -0.1) is 0 Å². The van der Waals surface area contributed by atoms with Gasteiger partial charge in [0.25, 0.3) is 0 Å². The molecular weight excluding hydrogens is 326 g/mol. The summed E-state index contributed by atoms with van der Waals surface area (Å²) in [6, 6.07) is 8.33. The lowest BCUT2D eigenvalue weighted by atomic mass is 10.0. The molecule has 1 unspecified atom stereocenters. The van der Waals surface area contributed by atoms with E-state index in [0.717, 1.165) is 64.1 Å². The third kappa shape index (κ3) is 4.92. The number of ketones is 1. The van der Waals surface area contributed by atoms with E-state index in [-0.39, 0.29) is 11.7 Å². The summed E-state index contributed by atoms with van der Waals surface area (Å²) in [5.74, 6) is 0.192. The van der Waals surface area contributed by atoms with E-state index >= 15 is 0 Å². The third-order valence-electron chi connectivity index (χ3n) is 5.56. The number of likely N-dealkylation sites (tertiary alicyclic amines) is 1. The maximum Gasteiger partial charge on any atom is 0.223 e. The van der Waals surface area contributed by atoms with Gasteiger partial charge < -0.3 is 10.2 Å². The lowest BCUT2D eigenvalue weighted by Crippen LogP contribution is -2.49. The van der Waals surface area contributed by atoms with Gasteiger partial charge in [-0.1, -0.05) is 37.6 Å². The van der Waals surface area contributed by atoms with Gasteiger partial charge in [0.2, 0.25) is 5.91 Å². The fraction of sp³-hybridized carbons (Fsp3) is 0.619. The summed E-state index contributed by atoms with van der Waals surface area (Å²) >= 11 is 0. The molecule has 1 amide bonds. The van der Waals surface area contributed by atoms with Crippen LogP contribution in [-0.2, 0) is 11.2 Å². The van der Waals surface area contributed by atoms with Crippen LogP contribution in [0.3, 0.4) is 0 Å². The fourth-order valence-corrected chi connectivity index (χ4v) is 3.98. The average Bonchev–Trinajstić information content (AvgIpc) is 3.18. The maximum atomic E-state index is 12.5. The fourth-order valence-electron chi connectivity index (χ4n) is 3.98. The Morgan fingerprint density at radius 2 is 1.81 bits per heavy atom. The molecule has 3 rings (SSSR count). The van der Waals surface area contributed by atoms with Crippen molar-refractivity contribution in [3.8, 4) is 0 Å². The number of carbonyl (C=O) groups is 2. The molecule has 5 nitrogen and oxygen atoms in total. The maximum absolute atomic E-state index is 12.5. The van der Waals surface area contributed by atoms with E-state index in [2.05, 4.69) is 17.1 Å². The van der Waals surface area contributed by atoms with Crippen molar-refractivity contribution in [2.45, 2.75) is 45.1 Å². The van der Waals surface area contributed by atoms with E-state index in [1.807, 2.05) is 29.2 Å². The largest absolute Gasteiger partial charge is 0.341 e. The lowest BCUT2D eigenvalue weighted by Gasteiger charge is -2.32. The van der Waals surface area contributed by atoms with Gasteiger partial charge in [-0.05, 0) is 18.4 Å². The summed E-state index contributed by atoms with van der Waals surface area (Å²) in [6.45, 7) is 8.01. The standard InChI is InChI=1S/C21H31N3O2/c1-2-3-17-4-6-18(7-5-17)20(25)8-9-21(26)24-13-10-19(16-24)23-14-11-22-12-15-23/h4-7,19,22H,2-3,8-16H2,1H3. The summed E-state index contributed by atoms with van der Waals surface area (Å²) in [5.41, 5.74) is 1.98. The van der Waals surface area contributed by atoms with Crippen LogP contribution >= 0.6 is 0 Å². The summed E-state index contributed by atoms with van der Waals surface area (Å²) in [6.07, 6.45) is 3.83. The molecule has 2 saturated heterocycles. The van der Waals surface area contributed by atoms with Gasteiger partial charge >= 0.3 is 0 Å². The van der Waals surface area contributed by atoms with Crippen LogP contribution in [0.15, 0.2) is 24.3 Å². The van der Waals surface area contributed by atoms with Crippen LogP contribution in [0.2, 0.25) is 0 Å². The third-order valence-corrected chi connectivity index (χ3v) is 5.56. The van der Waals surface area contributed by atoms with E-state index < -0.39 is 0 Å². The zero-order valence-corrected chi connectivity index (χ0v) is 15.9. The van der Waals surface area contributed by atoms with Crippen LogP contribution in [0.5, 0.6) is 0 Å². The highest BCUT2D eigenvalue weighted by Crippen LogP contribution is 2.18. The van der Waals surface area contributed by atoms with Crippen LogP contribution in [0, 0.1) is 0 Å². The quantitative estimate of drug-likeness (QED) is 0.760. The van der Waals surface area contributed by atoms with Crippen LogP contribution in [0.1, 0.15) is 48.5 Å². The average molecular weight is 357 g/mol. The van der Waals surface area contributed by atoms with Crippen molar-refractivity contribution in [3.63, 3.8) is 0 Å². The first-order valence-electron chi connectivity index (χ1n) is 10.0. The Bertz CT molecular complexity index is 608. The molecule has 0 saturated carbocycles. The number of nitrogens with one attached hydrogen (secondary N) is 1. The molecule has 0 bridgehead atoms. The van der Waals surface area contributed by atoms with Gasteiger partial charge in [0.05, 0.1) is 0 Å². The molecular formula is C21H31N3O2. The number of hydrogen-bond donors (Lipinski definition) is 1. The highest BCUT2D eigenvalue weighted by molar-refractivity contribution is 5.98. The Hall–Kier alpha value is -1.72. The van der Waals surface area contributed by atoms with Crippen molar-refractivity contribution in [1.82, 2.24) is 15.1 Å². The molecule has 1 atom stereocenters. The molecule has 0 spiro atoms. The van der Waals surface area contributed by atoms with Crippen LogP contribution in [-0.4, -0.2) is 66.8 Å². The van der Waals surface area contributed by atoms with Crippen LogP contribution < -0.4 is 5.32 Å². The number of aryl methyl sites for hydroxylation is 1. The molecule has 1 aromatic carbocycles. The Kier molecular flexibility index (Phi) is 6.80. The minimum Gasteiger partial charge on any atom is -0.341 e. The topological polar surface area (TPSA) is 52.7 Å². The smallest absolute Gasteiger partial charge is 0.223 e. The molecule has 2 aliphatic heterocycles. The summed E-state index contributed by atoms with van der Waals surface area (Å²) in [7, 11) is 0. The zero-order chi connectivity index (χ0) is 18.4. The molecule has 1 aromatic rings. The molecule has 0 aromatic heterocycles. The Labute approximate surface area is 156 Å². The molecule has 2 fully saturated rings. The SMILES string of the molecule is CCCc1ccc(C(=O)CCC(=O)N2CCC(N3CCNCC3)C2)cc1. The van der Waals surface area contributed by atoms with E-state index in [4.69, 9.17) is 0 Å². The predicted octanol–water partition coefficient (Wildman–Crippen LogP) is 2.11. The van der Waals surface area contributed by atoms with Crippen molar-refractivity contribution in [2.24, 2.45) is 0 Å². The highest BCUT2D eigenvalue weighted by atomic mass is 16.2. The van der Waals surface area contributed by atoms with Gasteiger partial charge in [0.1, 0.15) is 0 Å². The van der Waals surface area contributed by atoms with E-state index in [1.165, 1.54) is 5.56 Å². The Morgan fingerprint density at radius 3 is 2.50 bits per heavy atom. The van der Waals surface area contributed by atoms with Gasteiger partial charge in [-0.3, -0.25) is 14.5 Å². The van der Waals surface area contributed by atoms with Crippen molar-refractivity contribution in [1.29, 1.82) is 0 Å². The van der Waals surface area contributed by atoms with Crippen molar-refractivity contribution in [2.75, 3.05) is 39.3 Å². The second kappa shape index (κ2) is 9.28. The Balaban J connectivity index is 1.44. The number of amides is 1. The second-order valence-corrected chi connectivity index (χ2v) is 7.44. The first-order valence-corrected chi connectivity index (χ1v) is 10.0. The first kappa shape index (κ1) is 19.1. The van der Waals surface area contributed by atoms with Crippen LogP contribution in [0.4, 0.5) is 0 Å². The molecule has 26 heavy (non-hydrogen) atoms. The number of benzene rings is 1. The first-order chi connectivity index (χ1) is 12.7. The molecule has 2 aliphatic rings.